The van der Waals surface area contributed by atoms with Gasteiger partial charge in [0.15, 0.2) is 0 Å². The summed E-state index contributed by atoms with van der Waals surface area (Å²) in [5.41, 5.74) is 2.90. The van der Waals surface area contributed by atoms with E-state index in [0.717, 1.165) is 18.4 Å². The van der Waals surface area contributed by atoms with Gasteiger partial charge in [0, 0.05) is 37.0 Å². The predicted molar refractivity (Wildman–Crippen MR) is 136 cm³/mol. The maximum atomic E-state index is 13.2. The first-order valence-corrected chi connectivity index (χ1v) is 11.8. The number of esters is 1. The summed E-state index contributed by atoms with van der Waals surface area (Å²) in [6.45, 7) is 4.45. The molecular formula is C26H34N4O5. The number of pyridine rings is 2. The van der Waals surface area contributed by atoms with Gasteiger partial charge in [0.2, 0.25) is 0 Å². The second-order valence-corrected chi connectivity index (χ2v) is 7.98. The number of methoxy groups -OCH3 is 2. The minimum Gasteiger partial charge on any atom is -0.497 e. The Kier molecular flexibility index (Phi) is 9.48. The molecule has 0 spiro atoms. The van der Waals surface area contributed by atoms with Crippen LogP contribution >= 0.6 is 0 Å². The second-order valence-electron chi connectivity index (χ2n) is 7.98. The number of rotatable bonds is 13. The largest absolute Gasteiger partial charge is 0.497 e. The Morgan fingerprint density at radius 2 is 1.97 bits per heavy atom. The minimum atomic E-state index is -0.501. The third-order valence-electron chi connectivity index (χ3n) is 5.63. The van der Waals surface area contributed by atoms with Crippen LogP contribution in [0.2, 0.25) is 0 Å². The molecule has 9 nitrogen and oxygen atoms in total. The van der Waals surface area contributed by atoms with Crippen LogP contribution in [0.4, 0.5) is 11.5 Å². The van der Waals surface area contributed by atoms with Crippen LogP contribution in [0, 0.1) is 0 Å². The molecule has 0 aliphatic heterocycles. The molecule has 0 aliphatic rings. The quantitative estimate of drug-likeness (QED) is 0.305. The molecule has 2 heterocycles. The smallest absolute Gasteiger partial charge is 0.344 e. The number of nitrogens with zero attached hydrogens (tertiary/aromatic N) is 2. The van der Waals surface area contributed by atoms with E-state index < -0.39 is 5.97 Å². The summed E-state index contributed by atoms with van der Waals surface area (Å²) in [7, 11) is 3.20. The first-order valence-electron chi connectivity index (χ1n) is 11.8. The third kappa shape index (κ3) is 6.30. The Morgan fingerprint density at radius 1 is 1.14 bits per heavy atom. The number of fused-ring (bicyclic) bond motifs is 1. The first kappa shape index (κ1) is 26.0. The number of ether oxygens (including phenoxy) is 3. The van der Waals surface area contributed by atoms with E-state index in [9.17, 15) is 9.90 Å². The van der Waals surface area contributed by atoms with Gasteiger partial charge in [0.05, 0.1) is 32.0 Å². The predicted octanol–water partition coefficient (Wildman–Crippen LogP) is 4.40. The lowest BCUT2D eigenvalue weighted by Gasteiger charge is -2.23. The molecule has 0 amide bonds. The van der Waals surface area contributed by atoms with E-state index in [-0.39, 0.29) is 24.8 Å². The summed E-state index contributed by atoms with van der Waals surface area (Å²) in [5, 5.41) is 16.3. The van der Waals surface area contributed by atoms with Crippen molar-refractivity contribution in [2.24, 2.45) is 0 Å². The zero-order valence-electron chi connectivity index (χ0n) is 20.8. The van der Waals surface area contributed by atoms with E-state index in [2.05, 4.69) is 22.5 Å². The van der Waals surface area contributed by atoms with Gasteiger partial charge in [0.25, 0.3) is 0 Å². The van der Waals surface area contributed by atoms with Gasteiger partial charge in [-0.15, -0.1) is 0 Å². The van der Waals surface area contributed by atoms with Gasteiger partial charge in [-0.05, 0) is 44.0 Å². The van der Waals surface area contributed by atoms with Crippen LogP contribution < -0.4 is 20.1 Å². The lowest BCUT2D eigenvalue weighted by molar-refractivity contribution is 0.0528. The maximum Gasteiger partial charge on any atom is 0.344 e. The highest BCUT2D eigenvalue weighted by Crippen LogP contribution is 2.33. The van der Waals surface area contributed by atoms with Crippen LogP contribution in [0.3, 0.4) is 0 Å². The summed E-state index contributed by atoms with van der Waals surface area (Å²) >= 11 is 0. The Labute approximate surface area is 205 Å². The fraction of sp³-hybridized carbons (Fsp3) is 0.423. The van der Waals surface area contributed by atoms with E-state index in [1.165, 1.54) is 0 Å². The number of carbonyl (C=O) groups excluding carboxylic acids is 1. The van der Waals surface area contributed by atoms with Crippen molar-refractivity contribution in [2.75, 3.05) is 38.1 Å². The van der Waals surface area contributed by atoms with Gasteiger partial charge in [-0.1, -0.05) is 13.3 Å². The van der Waals surface area contributed by atoms with Crippen LogP contribution in [-0.4, -0.2) is 54.5 Å². The normalized spacial score (nSPS) is 11.7. The van der Waals surface area contributed by atoms with Crippen molar-refractivity contribution in [1.29, 1.82) is 0 Å². The van der Waals surface area contributed by atoms with E-state index in [1.807, 2.05) is 18.2 Å². The fourth-order valence-electron chi connectivity index (χ4n) is 3.94. The molecule has 1 atom stereocenters. The standard InChI is InChI=1S/C26H34N4O5/c1-5-8-18(12-14-31)29-24-22(26(32)35-6-2)25(30-20-9-7-13-27-23(20)24)28-16-17-10-11-19(33-3)15-21(17)34-4/h7,9-11,13,15,18,31H,5-6,8,12,14,16H2,1-4H3,(H2,28,29,30). The molecule has 188 valence electrons. The molecule has 1 unspecified atom stereocenters. The number of hydrogen-bond acceptors (Lipinski definition) is 9. The average molecular weight is 483 g/mol. The molecule has 3 rings (SSSR count). The van der Waals surface area contributed by atoms with E-state index in [4.69, 9.17) is 19.2 Å². The van der Waals surface area contributed by atoms with E-state index in [0.29, 0.717) is 47.0 Å². The molecular weight excluding hydrogens is 448 g/mol. The molecule has 0 fully saturated rings. The fourth-order valence-corrected chi connectivity index (χ4v) is 3.94. The van der Waals surface area contributed by atoms with Crippen molar-refractivity contribution < 1.29 is 24.1 Å². The molecule has 3 aromatic rings. The van der Waals surface area contributed by atoms with Crippen molar-refractivity contribution in [2.45, 2.75) is 45.7 Å². The number of nitrogens with one attached hydrogen (secondary N) is 2. The monoisotopic (exact) mass is 482 g/mol. The number of benzene rings is 1. The van der Waals surface area contributed by atoms with Crippen molar-refractivity contribution >= 4 is 28.5 Å². The Bertz CT molecular complexity index is 1130. The summed E-state index contributed by atoms with van der Waals surface area (Å²) in [6.07, 6.45) is 3.95. The minimum absolute atomic E-state index is 0.0330. The second kappa shape index (κ2) is 12.8. The van der Waals surface area contributed by atoms with Crippen molar-refractivity contribution in [1.82, 2.24) is 9.97 Å². The lowest BCUT2D eigenvalue weighted by atomic mass is 10.1. The third-order valence-corrected chi connectivity index (χ3v) is 5.63. The summed E-state index contributed by atoms with van der Waals surface area (Å²) < 4.78 is 16.2. The van der Waals surface area contributed by atoms with Crippen LogP contribution in [0.5, 0.6) is 11.5 Å². The molecule has 0 radical (unpaired) electrons. The van der Waals surface area contributed by atoms with E-state index in [1.54, 1.807) is 39.5 Å². The Hall–Kier alpha value is -3.59. The molecule has 1 aromatic carbocycles. The molecule has 35 heavy (non-hydrogen) atoms. The van der Waals surface area contributed by atoms with Crippen LogP contribution in [0.25, 0.3) is 11.0 Å². The highest BCUT2D eigenvalue weighted by atomic mass is 16.5. The average Bonchev–Trinajstić information content (AvgIpc) is 2.87. The van der Waals surface area contributed by atoms with Gasteiger partial charge in [-0.3, -0.25) is 4.98 Å². The zero-order valence-corrected chi connectivity index (χ0v) is 20.8. The molecule has 0 saturated carbocycles. The van der Waals surface area contributed by atoms with E-state index >= 15 is 0 Å². The van der Waals surface area contributed by atoms with Gasteiger partial charge in [0.1, 0.15) is 28.4 Å². The Morgan fingerprint density at radius 3 is 2.66 bits per heavy atom. The topological polar surface area (TPSA) is 115 Å². The molecule has 9 heteroatoms. The summed E-state index contributed by atoms with van der Waals surface area (Å²) in [5.74, 6) is 1.22. The summed E-state index contributed by atoms with van der Waals surface area (Å²) in [4.78, 5) is 22.4. The van der Waals surface area contributed by atoms with Crippen molar-refractivity contribution in [3.63, 3.8) is 0 Å². The maximum absolute atomic E-state index is 13.2. The number of aliphatic hydroxyl groups is 1. The molecule has 2 aromatic heterocycles. The number of hydrogen-bond donors (Lipinski definition) is 3. The number of aromatic nitrogens is 2. The van der Waals surface area contributed by atoms with Crippen LogP contribution in [-0.2, 0) is 11.3 Å². The lowest BCUT2D eigenvalue weighted by Crippen LogP contribution is -2.24. The molecule has 3 N–H and O–H groups in total. The van der Waals surface area contributed by atoms with Gasteiger partial charge in [-0.25, -0.2) is 9.78 Å². The number of aliphatic hydroxyl groups excluding tert-OH is 1. The highest BCUT2D eigenvalue weighted by Gasteiger charge is 2.25. The first-order chi connectivity index (χ1) is 17.1. The highest BCUT2D eigenvalue weighted by molar-refractivity contribution is 6.08. The Balaban J connectivity index is 2.09. The van der Waals surface area contributed by atoms with Gasteiger partial charge < -0.3 is 30.0 Å². The van der Waals surface area contributed by atoms with Gasteiger partial charge in [-0.2, -0.15) is 0 Å². The number of carbonyl (C=O) groups is 1. The molecule has 0 bridgehead atoms. The van der Waals surface area contributed by atoms with Crippen molar-refractivity contribution in [3.8, 4) is 11.5 Å². The molecule has 0 aliphatic carbocycles. The summed E-state index contributed by atoms with van der Waals surface area (Å²) in [6, 6.07) is 9.16. The zero-order chi connectivity index (χ0) is 25.2. The van der Waals surface area contributed by atoms with Crippen molar-refractivity contribution in [3.05, 3.63) is 47.7 Å². The molecule has 0 saturated heterocycles. The van der Waals surface area contributed by atoms with Crippen LogP contribution in [0.1, 0.15) is 49.0 Å². The van der Waals surface area contributed by atoms with Crippen LogP contribution in [0.15, 0.2) is 36.5 Å². The van der Waals surface area contributed by atoms with Gasteiger partial charge >= 0.3 is 5.97 Å². The number of anilines is 2. The SMILES string of the molecule is CCCC(CCO)Nc1c(C(=O)OCC)c(NCc2ccc(OC)cc2OC)nc2cccnc12.